The number of hydrogen-bond donors (Lipinski definition) is 0. The molecule has 0 N–H and O–H groups in total. The molecule has 0 unspecified atom stereocenters. The quantitative estimate of drug-likeness (QED) is 0.365. The number of carbonyl (C=O) groups is 1. The molecule has 4 rings (SSSR count). The fraction of sp³-hybridized carbons (Fsp3) is 0.158. The van der Waals surface area contributed by atoms with Gasteiger partial charge in [-0.15, -0.1) is 0 Å². The van der Waals surface area contributed by atoms with Crippen molar-refractivity contribution in [3.05, 3.63) is 64.6 Å². The molecule has 0 saturated carbocycles. The van der Waals surface area contributed by atoms with Gasteiger partial charge in [-0.25, -0.2) is 13.4 Å². The van der Waals surface area contributed by atoms with Crippen LogP contribution < -0.4 is 0 Å². The van der Waals surface area contributed by atoms with E-state index in [1.807, 2.05) is 6.92 Å². The van der Waals surface area contributed by atoms with E-state index in [2.05, 4.69) is 15.1 Å². The van der Waals surface area contributed by atoms with Crippen LogP contribution in [-0.2, 0) is 16.9 Å². The second-order valence-corrected chi connectivity index (χ2v) is 8.96. The maximum Gasteiger partial charge on any atom is 0.248 e. The first-order valence-corrected chi connectivity index (χ1v) is 10.8. The lowest BCUT2D eigenvalue weighted by atomic mass is 10.1. The van der Waals surface area contributed by atoms with Crippen molar-refractivity contribution >= 4 is 38.3 Å². The molecule has 3 heterocycles. The van der Waals surface area contributed by atoms with Crippen LogP contribution in [-0.4, -0.2) is 44.8 Å². The van der Waals surface area contributed by atoms with Crippen molar-refractivity contribution in [2.45, 2.75) is 12.1 Å². The Hall–Kier alpha value is -3.04. The van der Waals surface area contributed by atoms with Crippen LogP contribution in [0.1, 0.15) is 21.7 Å². The Bertz CT molecular complexity index is 1390. The Labute approximate surface area is 171 Å². The summed E-state index contributed by atoms with van der Waals surface area (Å²) in [6.07, 6.45) is 2.42. The summed E-state index contributed by atoms with van der Waals surface area (Å²) in [5.74, 6) is 0.236. The molecular formula is C19H16ClN5O3S. The van der Waals surface area contributed by atoms with Crippen LogP contribution in [0.15, 0.2) is 47.8 Å². The van der Waals surface area contributed by atoms with E-state index in [0.29, 0.717) is 27.4 Å². The van der Waals surface area contributed by atoms with E-state index in [1.165, 1.54) is 6.20 Å². The van der Waals surface area contributed by atoms with Gasteiger partial charge in [-0.05, 0) is 25.1 Å². The van der Waals surface area contributed by atoms with Crippen LogP contribution in [0.5, 0.6) is 0 Å². The summed E-state index contributed by atoms with van der Waals surface area (Å²) in [5, 5.41) is 4.85. The van der Waals surface area contributed by atoms with Gasteiger partial charge in [0.05, 0.1) is 16.4 Å². The molecule has 3 aromatic heterocycles. The van der Waals surface area contributed by atoms with Crippen LogP contribution in [0.4, 0.5) is 0 Å². The van der Waals surface area contributed by atoms with Gasteiger partial charge in [0, 0.05) is 36.5 Å². The number of aryl methyl sites for hydroxylation is 2. The van der Waals surface area contributed by atoms with E-state index in [-0.39, 0.29) is 16.6 Å². The predicted octanol–water partition coefficient (Wildman–Crippen LogP) is 2.75. The Morgan fingerprint density at radius 1 is 1.17 bits per heavy atom. The standard InChI is InChI=1S/C19H16ClN5O3S/c1-11-8-16(24(2)23-11)25-15(17(26)13-6-4-5-7-14(13)20)9-12-10-21-19(22-18(12)25)29(3,27)28/h4-10H,1-3H3. The highest BCUT2D eigenvalue weighted by Crippen LogP contribution is 2.27. The van der Waals surface area contributed by atoms with Crippen LogP contribution in [0, 0.1) is 6.92 Å². The van der Waals surface area contributed by atoms with Crippen LogP contribution in [0.3, 0.4) is 0 Å². The summed E-state index contributed by atoms with van der Waals surface area (Å²) in [6.45, 7) is 1.82. The summed E-state index contributed by atoms with van der Waals surface area (Å²) < 4.78 is 27.1. The minimum atomic E-state index is -3.63. The first kappa shape index (κ1) is 19.3. The van der Waals surface area contributed by atoms with Gasteiger partial charge in [-0.3, -0.25) is 14.0 Å². The average molecular weight is 430 g/mol. The van der Waals surface area contributed by atoms with Crippen LogP contribution in [0.2, 0.25) is 5.02 Å². The summed E-state index contributed by atoms with van der Waals surface area (Å²) in [6, 6.07) is 10.1. The molecule has 0 amide bonds. The lowest BCUT2D eigenvalue weighted by molar-refractivity contribution is 0.103. The third-order valence-corrected chi connectivity index (χ3v) is 5.60. The van der Waals surface area contributed by atoms with E-state index in [4.69, 9.17) is 11.6 Å². The molecule has 0 bridgehead atoms. The number of halogens is 1. The normalized spacial score (nSPS) is 11.9. The summed E-state index contributed by atoms with van der Waals surface area (Å²) in [4.78, 5) is 21.5. The third-order valence-electron chi connectivity index (χ3n) is 4.41. The zero-order valence-electron chi connectivity index (χ0n) is 15.8. The summed E-state index contributed by atoms with van der Waals surface area (Å²) in [7, 11) is -1.90. The van der Waals surface area contributed by atoms with E-state index < -0.39 is 9.84 Å². The van der Waals surface area contributed by atoms with Crippen molar-refractivity contribution < 1.29 is 13.2 Å². The highest BCUT2D eigenvalue weighted by molar-refractivity contribution is 7.90. The topological polar surface area (TPSA) is 99.7 Å². The molecule has 0 saturated heterocycles. The molecule has 1 aromatic carbocycles. The number of carbonyl (C=O) groups excluding carboxylic acids is 1. The molecule has 0 fully saturated rings. The number of fused-ring (bicyclic) bond motifs is 1. The summed E-state index contributed by atoms with van der Waals surface area (Å²) in [5.41, 5.74) is 1.63. The largest absolute Gasteiger partial charge is 0.287 e. The summed E-state index contributed by atoms with van der Waals surface area (Å²) >= 11 is 6.23. The monoisotopic (exact) mass is 429 g/mol. The van der Waals surface area contributed by atoms with Gasteiger partial charge in [0.2, 0.25) is 20.8 Å². The molecule has 0 aliphatic rings. The molecule has 0 spiro atoms. The zero-order chi connectivity index (χ0) is 20.9. The fourth-order valence-electron chi connectivity index (χ4n) is 3.14. The van der Waals surface area contributed by atoms with Gasteiger partial charge in [0.25, 0.3) is 0 Å². The predicted molar refractivity (Wildman–Crippen MR) is 108 cm³/mol. The molecule has 10 heteroatoms. The van der Waals surface area contributed by atoms with Crippen molar-refractivity contribution in [2.75, 3.05) is 6.26 Å². The Kier molecular flexibility index (Phi) is 4.51. The smallest absolute Gasteiger partial charge is 0.248 e. The van der Waals surface area contributed by atoms with Crippen molar-refractivity contribution in [3.63, 3.8) is 0 Å². The van der Waals surface area contributed by atoms with Gasteiger partial charge in [-0.2, -0.15) is 10.1 Å². The van der Waals surface area contributed by atoms with Crippen molar-refractivity contribution in [3.8, 4) is 5.82 Å². The van der Waals surface area contributed by atoms with Gasteiger partial charge < -0.3 is 0 Å². The van der Waals surface area contributed by atoms with E-state index in [9.17, 15) is 13.2 Å². The van der Waals surface area contributed by atoms with Gasteiger partial charge in [0.1, 0.15) is 5.82 Å². The average Bonchev–Trinajstić information content (AvgIpc) is 3.19. The number of nitrogens with zero attached hydrogens (tertiary/aromatic N) is 5. The highest BCUT2D eigenvalue weighted by atomic mass is 35.5. The molecule has 148 valence electrons. The van der Waals surface area contributed by atoms with Crippen LogP contribution >= 0.6 is 11.6 Å². The van der Waals surface area contributed by atoms with Crippen LogP contribution in [0.25, 0.3) is 16.9 Å². The third kappa shape index (κ3) is 3.32. The fourth-order valence-corrected chi connectivity index (χ4v) is 3.86. The molecular weight excluding hydrogens is 414 g/mol. The van der Waals surface area contributed by atoms with E-state index in [1.54, 1.807) is 52.7 Å². The second kappa shape index (κ2) is 6.78. The number of sulfone groups is 1. The number of rotatable bonds is 4. The molecule has 0 radical (unpaired) electrons. The minimum Gasteiger partial charge on any atom is -0.287 e. The highest BCUT2D eigenvalue weighted by Gasteiger charge is 2.24. The number of benzene rings is 1. The van der Waals surface area contributed by atoms with E-state index in [0.717, 1.165) is 11.9 Å². The van der Waals surface area contributed by atoms with Gasteiger partial charge in [0.15, 0.2) is 5.65 Å². The Morgan fingerprint density at radius 2 is 1.90 bits per heavy atom. The number of ketones is 1. The molecule has 4 aromatic rings. The zero-order valence-corrected chi connectivity index (χ0v) is 17.4. The SMILES string of the molecule is Cc1cc(-n2c(C(=O)c3ccccc3Cl)cc3cnc(S(C)(=O)=O)nc32)n(C)n1. The van der Waals surface area contributed by atoms with Gasteiger partial charge >= 0.3 is 0 Å². The Balaban J connectivity index is 2.07. The second-order valence-electron chi connectivity index (χ2n) is 6.65. The number of aromatic nitrogens is 5. The van der Waals surface area contributed by atoms with Gasteiger partial charge in [-0.1, -0.05) is 23.7 Å². The maximum absolute atomic E-state index is 13.3. The lowest BCUT2D eigenvalue weighted by Crippen LogP contribution is -2.13. The first-order valence-electron chi connectivity index (χ1n) is 8.55. The molecule has 8 nitrogen and oxygen atoms in total. The number of hydrogen-bond acceptors (Lipinski definition) is 6. The maximum atomic E-state index is 13.3. The molecule has 0 atom stereocenters. The van der Waals surface area contributed by atoms with E-state index >= 15 is 0 Å². The van der Waals surface area contributed by atoms with Crippen molar-refractivity contribution in [2.24, 2.45) is 7.05 Å². The Morgan fingerprint density at radius 3 is 2.52 bits per heavy atom. The lowest BCUT2D eigenvalue weighted by Gasteiger charge is -2.10. The molecule has 0 aliphatic heterocycles. The minimum absolute atomic E-state index is 0.274. The molecule has 29 heavy (non-hydrogen) atoms. The first-order chi connectivity index (χ1) is 13.7. The molecule has 0 aliphatic carbocycles. The van der Waals surface area contributed by atoms with Crippen molar-refractivity contribution in [1.29, 1.82) is 0 Å². The van der Waals surface area contributed by atoms with Crippen molar-refractivity contribution in [1.82, 2.24) is 24.3 Å².